The lowest BCUT2D eigenvalue weighted by Gasteiger charge is -2.20. The van der Waals surface area contributed by atoms with Crippen LogP contribution in [0.4, 0.5) is 16.4 Å². The van der Waals surface area contributed by atoms with Gasteiger partial charge in [0.2, 0.25) is 5.95 Å². The molecule has 0 aliphatic carbocycles. The van der Waals surface area contributed by atoms with E-state index >= 15 is 0 Å². The predicted molar refractivity (Wildman–Crippen MR) is 106 cm³/mol. The predicted octanol–water partition coefficient (Wildman–Crippen LogP) is 3.28. The van der Waals surface area contributed by atoms with Gasteiger partial charge in [0.15, 0.2) is 5.03 Å². The van der Waals surface area contributed by atoms with E-state index in [4.69, 9.17) is 0 Å². The van der Waals surface area contributed by atoms with Gasteiger partial charge in [-0.3, -0.25) is 0 Å². The number of nitrogens with one attached hydrogen (secondary N) is 3. The van der Waals surface area contributed by atoms with Gasteiger partial charge in [-0.15, -0.1) is 0 Å². The lowest BCUT2D eigenvalue weighted by molar-refractivity contribution is 0.256. The third-order valence-corrected chi connectivity index (χ3v) is 5.20. The van der Waals surface area contributed by atoms with Crippen molar-refractivity contribution in [2.45, 2.75) is 44.6 Å². The number of urea groups is 1. The van der Waals surface area contributed by atoms with Crippen LogP contribution in [0.2, 0.25) is 0 Å². The number of sulfonamides is 1. The van der Waals surface area contributed by atoms with E-state index in [2.05, 4.69) is 20.6 Å². The molecular formula is C18H25N5O3S. The normalized spacial score (nSPS) is 11.5. The van der Waals surface area contributed by atoms with E-state index in [1.165, 1.54) is 12.3 Å². The minimum atomic E-state index is -4.13. The van der Waals surface area contributed by atoms with Crippen molar-refractivity contribution in [1.82, 2.24) is 14.7 Å². The highest BCUT2D eigenvalue weighted by Gasteiger charge is 2.22. The standard InChI is InChI=1S/C18H25N5O3S/c1-11(2)13-7-6-8-14(12(3)4)16(13)22-18(24)23-27(25,26)15-9-10-20-17(19-5)21-15/h6-12H,1-5H3,(H,19,20,21)(H2,22,23,24). The summed E-state index contributed by atoms with van der Waals surface area (Å²) in [6, 6.07) is 6.16. The highest BCUT2D eigenvalue weighted by molar-refractivity contribution is 7.90. The van der Waals surface area contributed by atoms with Crippen molar-refractivity contribution < 1.29 is 13.2 Å². The summed E-state index contributed by atoms with van der Waals surface area (Å²) in [4.78, 5) is 20.2. The zero-order valence-electron chi connectivity index (χ0n) is 16.1. The van der Waals surface area contributed by atoms with Gasteiger partial charge in [-0.2, -0.15) is 13.4 Å². The molecule has 2 aromatic rings. The summed E-state index contributed by atoms with van der Waals surface area (Å²) < 4.78 is 26.9. The Morgan fingerprint density at radius 3 is 2.15 bits per heavy atom. The first-order valence-electron chi connectivity index (χ1n) is 8.63. The fourth-order valence-electron chi connectivity index (χ4n) is 2.62. The average molecular weight is 391 g/mol. The Hall–Kier alpha value is -2.68. The van der Waals surface area contributed by atoms with Crippen LogP contribution in [0, 0.1) is 0 Å². The van der Waals surface area contributed by atoms with Crippen LogP contribution < -0.4 is 15.4 Å². The number of hydrogen-bond acceptors (Lipinski definition) is 6. The number of para-hydroxylation sites is 1. The maximum atomic E-state index is 12.4. The molecule has 0 saturated heterocycles. The molecule has 2 amide bonds. The molecular weight excluding hydrogens is 366 g/mol. The Morgan fingerprint density at radius 2 is 1.63 bits per heavy atom. The molecule has 0 fully saturated rings. The summed E-state index contributed by atoms with van der Waals surface area (Å²) in [5, 5.41) is 5.07. The van der Waals surface area contributed by atoms with E-state index in [1.807, 2.05) is 50.6 Å². The van der Waals surface area contributed by atoms with Gasteiger partial charge >= 0.3 is 6.03 Å². The van der Waals surface area contributed by atoms with Gasteiger partial charge in [-0.25, -0.2) is 14.5 Å². The van der Waals surface area contributed by atoms with Crippen molar-refractivity contribution in [1.29, 1.82) is 0 Å². The zero-order chi connectivity index (χ0) is 20.2. The van der Waals surface area contributed by atoms with E-state index in [0.29, 0.717) is 5.69 Å². The minimum absolute atomic E-state index is 0.144. The first kappa shape index (κ1) is 20.6. The van der Waals surface area contributed by atoms with Crippen LogP contribution in [0.15, 0.2) is 35.5 Å². The summed E-state index contributed by atoms with van der Waals surface area (Å²) in [6.07, 6.45) is 1.30. The van der Waals surface area contributed by atoms with Crippen molar-refractivity contribution >= 4 is 27.7 Å². The molecule has 1 heterocycles. The first-order chi connectivity index (χ1) is 12.7. The Morgan fingerprint density at radius 1 is 1.04 bits per heavy atom. The molecule has 8 nitrogen and oxygen atoms in total. The van der Waals surface area contributed by atoms with Crippen molar-refractivity contribution in [3.63, 3.8) is 0 Å². The molecule has 1 aromatic heterocycles. The molecule has 9 heteroatoms. The van der Waals surface area contributed by atoms with Gasteiger partial charge in [0.05, 0.1) is 0 Å². The molecule has 0 unspecified atom stereocenters. The van der Waals surface area contributed by atoms with E-state index < -0.39 is 16.1 Å². The van der Waals surface area contributed by atoms with E-state index in [1.54, 1.807) is 7.05 Å². The zero-order valence-corrected chi connectivity index (χ0v) is 16.9. The molecule has 0 radical (unpaired) electrons. The van der Waals surface area contributed by atoms with Crippen molar-refractivity contribution in [2.24, 2.45) is 0 Å². The minimum Gasteiger partial charge on any atom is -0.357 e. The Kier molecular flexibility index (Phi) is 6.37. The first-order valence-corrected chi connectivity index (χ1v) is 10.1. The van der Waals surface area contributed by atoms with Crippen LogP contribution in [0.5, 0.6) is 0 Å². The van der Waals surface area contributed by atoms with Gasteiger partial charge in [0.25, 0.3) is 10.0 Å². The summed E-state index contributed by atoms with van der Waals surface area (Å²) >= 11 is 0. The summed E-state index contributed by atoms with van der Waals surface area (Å²) in [6.45, 7) is 8.05. The number of nitrogens with zero attached hydrogens (tertiary/aromatic N) is 2. The monoisotopic (exact) mass is 391 g/mol. The number of benzene rings is 1. The quantitative estimate of drug-likeness (QED) is 0.651. The van der Waals surface area contributed by atoms with Gasteiger partial charge < -0.3 is 10.6 Å². The summed E-state index contributed by atoms with van der Waals surface area (Å²) in [5.74, 6) is 0.469. The molecule has 146 valence electrons. The maximum absolute atomic E-state index is 12.4. The van der Waals surface area contributed by atoms with Gasteiger partial charge in [0, 0.05) is 18.9 Å². The van der Waals surface area contributed by atoms with Crippen LogP contribution in [0.25, 0.3) is 0 Å². The second kappa shape index (κ2) is 8.34. The van der Waals surface area contributed by atoms with Crippen LogP contribution in [0.1, 0.15) is 50.7 Å². The number of carbonyl (C=O) groups is 1. The number of amides is 2. The maximum Gasteiger partial charge on any atom is 0.333 e. The Labute approximate surface area is 159 Å². The molecule has 0 spiro atoms. The van der Waals surface area contributed by atoms with Gasteiger partial charge in [-0.1, -0.05) is 45.9 Å². The van der Waals surface area contributed by atoms with Crippen LogP contribution in [0.3, 0.4) is 0 Å². The summed E-state index contributed by atoms with van der Waals surface area (Å²) in [7, 11) is -2.56. The van der Waals surface area contributed by atoms with Crippen molar-refractivity contribution in [3.05, 3.63) is 41.6 Å². The van der Waals surface area contributed by atoms with E-state index in [0.717, 1.165) is 11.1 Å². The second-order valence-corrected chi connectivity index (χ2v) is 8.28. The smallest absolute Gasteiger partial charge is 0.333 e. The number of aromatic nitrogens is 2. The van der Waals surface area contributed by atoms with Crippen molar-refractivity contribution in [3.8, 4) is 0 Å². The van der Waals surface area contributed by atoms with Gasteiger partial charge in [0.1, 0.15) is 0 Å². The summed E-state index contributed by atoms with van der Waals surface area (Å²) in [5.41, 5.74) is 2.51. The highest BCUT2D eigenvalue weighted by atomic mass is 32.2. The van der Waals surface area contributed by atoms with Crippen LogP contribution in [-0.4, -0.2) is 31.5 Å². The second-order valence-electron chi connectivity index (χ2n) is 6.65. The molecule has 0 aliphatic rings. The molecule has 3 N–H and O–H groups in total. The largest absolute Gasteiger partial charge is 0.357 e. The van der Waals surface area contributed by atoms with Crippen molar-refractivity contribution in [2.75, 3.05) is 17.7 Å². The van der Waals surface area contributed by atoms with Gasteiger partial charge in [-0.05, 0) is 29.0 Å². The molecule has 2 rings (SSSR count). The number of carbonyl (C=O) groups excluding carboxylic acids is 1. The highest BCUT2D eigenvalue weighted by Crippen LogP contribution is 2.32. The molecule has 0 saturated carbocycles. The number of anilines is 2. The lowest BCUT2D eigenvalue weighted by Crippen LogP contribution is -2.35. The molecule has 0 aliphatic heterocycles. The SMILES string of the molecule is CNc1nccc(S(=O)(=O)NC(=O)Nc2c(C(C)C)cccc2C(C)C)n1. The fraction of sp³-hybridized carbons (Fsp3) is 0.389. The third kappa shape index (κ3) is 4.94. The number of rotatable bonds is 6. The fourth-order valence-corrected chi connectivity index (χ4v) is 3.47. The average Bonchev–Trinajstić information content (AvgIpc) is 2.61. The molecule has 0 bridgehead atoms. The van der Waals surface area contributed by atoms with Crippen LogP contribution in [-0.2, 0) is 10.0 Å². The Balaban J connectivity index is 2.30. The number of hydrogen-bond donors (Lipinski definition) is 3. The van der Waals surface area contributed by atoms with Crippen LogP contribution >= 0.6 is 0 Å². The van der Waals surface area contributed by atoms with E-state index in [9.17, 15) is 13.2 Å². The van der Waals surface area contributed by atoms with E-state index in [-0.39, 0.29) is 22.8 Å². The molecule has 27 heavy (non-hydrogen) atoms. The lowest BCUT2D eigenvalue weighted by atomic mass is 9.93. The molecule has 1 aromatic carbocycles. The topological polar surface area (TPSA) is 113 Å². The molecule has 0 atom stereocenters. The third-order valence-electron chi connectivity index (χ3n) is 3.97. The Bertz CT molecular complexity index is 900.